The summed E-state index contributed by atoms with van der Waals surface area (Å²) in [5.74, 6) is -3.37. The van der Waals surface area contributed by atoms with Gasteiger partial charge >= 0.3 is 12.3 Å². The van der Waals surface area contributed by atoms with Gasteiger partial charge in [-0.25, -0.2) is 8.78 Å². The molecule has 6 heteroatoms. The summed E-state index contributed by atoms with van der Waals surface area (Å²) in [6.45, 7) is -0.0692. The van der Waals surface area contributed by atoms with Crippen LogP contribution in [-0.4, -0.2) is 32.0 Å². The zero-order chi connectivity index (χ0) is 12.9. The van der Waals surface area contributed by atoms with Gasteiger partial charge in [0, 0.05) is 0 Å². The summed E-state index contributed by atoms with van der Waals surface area (Å²) >= 11 is 0. The maximum Gasteiger partial charge on any atom is 0.319 e. The van der Waals surface area contributed by atoms with Crippen LogP contribution in [0.2, 0.25) is 0 Å². The third-order valence-electron chi connectivity index (χ3n) is 3.46. The first kappa shape index (κ1) is 14.7. The summed E-state index contributed by atoms with van der Waals surface area (Å²) in [6.07, 6.45) is 0.523. The fraction of sp³-hybridized carbons (Fsp3) is 1.00. The van der Waals surface area contributed by atoms with Crippen molar-refractivity contribution < 1.29 is 17.6 Å². The van der Waals surface area contributed by atoms with Gasteiger partial charge in [0.15, 0.2) is 0 Å². The number of alkyl halides is 4. The number of nitrogens with two attached hydrogens (primary N) is 1. The molecule has 0 spiro atoms. The van der Waals surface area contributed by atoms with Crippen LogP contribution in [0.25, 0.3) is 0 Å². The van der Waals surface area contributed by atoms with Gasteiger partial charge in [-0.15, -0.1) is 0 Å². The molecule has 0 aromatic heterocycles. The van der Waals surface area contributed by atoms with Crippen molar-refractivity contribution in [2.24, 2.45) is 17.6 Å². The Morgan fingerprint density at radius 1 is 1.18 bits per heavy atom. The van der Waals surface area contributed by atoms with Crippen LogP contribution < -0.4 is 11.1 Å². The van der Waals surface area contributed by atoms with E-state index in [0.29, 0.717) is 19.0 Å². The lowest BCUT2D eigenvalue weighted by atomic mass is 9.79. The lowest BCUT2D eigenvalue weighted by Gasteiger charge is -2.31. The fourth-order valence-corrected chi connectivity index (χ4v) is 2.36. The summed E-state index contributed by atoms with van der Waals surface area (Å²) in [6, 6.07) is 0. The molecule has 1 aliphatic carbocycles. The molecular weight excluding hydrogens is 236 g/mol. The standard InChI is InChI=1S/C11H20F4N2/c12-10(13)11(14,15)7-17-6-9-4-2-1-3-8(9)5-16/h8-10,17H,1-7,16H2. The lowest BCUT2D eigenvalue weighted by molar-refractivity contribution is -0.125. The zero-order valence-corrected chi connectivity index (χ0v) is 9.77. The molecule has 2 unspecified atom stereocenters. The van der Waals surface area contributed by atoms with Crippen LogP contribution in [0.1, 0.15) is 25.7 Å². The first-order chi connectivity index (χ1) is 7.97. The molecule has 2 nitrogen and oxygen atoms in total. The van der Waals surface area contributed by atoms with E-state index in [1.54, 1.807) is 0 Å². The van der Waals surface area contributed by atoms with Gasteiger partial charge in [0.1, 0.15) is 0 Å². The maximum absolute atomic E-state index is 12.6. The molecule has 1 saturated carbocycles. The molecule has 0 bridgehead atoms. The van der Waals surface area contributed by atoms with Crippen molar-refractivity contribution in [3.63, 3.8) is 0 Å². The molecule has 0 aromatic carbocycles. The van der Waals surface area contributed by atoms with Crippen LogP contribution in [0.15, 0.2) is 0 Å². The highest BCUT2D eigenvalue weighted by Crippen LogP contribution is 2.29. The van der Waals surface area contributed by atoms with Crippen molar-refractivity contribution in [3.8, 4) is 0 Å². The molecule has 1 aliphatic rings. The third kappa shape index (κ3) is 4.43. The van der Waals surface area contributed by atoms with Crippen LogP contribution in [-0.2, 0) is 0 Å². The number of hydrogen-bond acceptors (Lipinski definition) is 2. The van der Waals surface area contributed by atoms with Gasteiger partial charge in [-0.2, -0.15) is 8.78 Å². The predicted molar refractivity (Wildman–Crippen MR) is 58.3 cm³/mol. The van der Waals surface area contributed by atoms with E-state index in [0.717, 1.165) is 25.7 Å². The smallest absolute Gasteiger partial charge is 0.319 e. The van der Waals surface area contributed by atoms with Gasteiger partial charge in [-0.1, -0.05) is 12.8 Å². The van der Waals surface area contributed by atoms with Gasteiger partial charge in [0.2, 0.25) is 0 Å². The molecule has 2 atom stereocenters. The SMILES string of the molecule is NCC1CCCCC1CNCC(F)(F)C(F)F. The van der Waals surface area contributed by atoms with E-state index in [9.17, 15) is 17.6 Å². The minimum Gasteiger partial charge on any atom is -0.330 e. The first-order valence-electron chi connectivity index (χ1n) is 6.04. The third-order valence-corrected chi connectivity index (χ3v) is 3.46. The van der Waals surface area contributed by atoms with E-state index in [-0.39, 0.29) is 5.92 Å². The molecule has 0 amide bonds. The van der Waals surface area contributed by atoms with Crippen molar-refractivity contribution in [2.45, 2.75) is 38.0 Å². The molecule has 0 heterocycles. The van der Waals surface area contributed by atoms with Gasteiger partial charge in [0.25, 0.3) is 0 Å². The lowest BCUT2D eigenvalue weighted by Crippen LogP contribution is -2.42. The van der Waals surface area contributed by atoms with Crippen molar-refractivity contribution >= 4 is 0 Å². The summed E-state index contributed by atoms with van der Waals surface area (Å²) in [4.78, 5) is 0. The Kier molecular flexibility index (Phi) is 5.66. The van der Waals surface area contributed by atoms with Crippen molar-refractivity contribution in [1.82, 2.24) is 5.32 Å². The normalized spacial score (nSPS) is 26.5. The highest BCUT2D eigenvalue weighted by Gasteiger charge is 2.40. The van der Waals surface area contributed by atoms with Crippen LogP contribution in [0.4, 0.5) is 17.6 Å². The second-order valence-corrected chi connectivity index (χ2v) is 4.73. The van der Waals surface area contributed by atoms with E-state index in [2.05, 4.69) is 5.32 Å². The number of halogens is 4. The molecule has 3 N–H and O–H groups in total. The Hall–Kier alpha value is -0.360. The molecular formula is C11H20F4N2. The first-order valence-corrected chi connectivity index (χ1v) is 6.04. The Morgan fingerprint density at radius 2 is 1.76 bits per heavy atom. The topological polar surface area (TPSA) is 38.0 Å². The molecule has 1 fully saturated rings. The Labute approximate surface area is 98.9 Å². The number of nitrogens with one attached hydrogen (secondary N) is 1. The van der Waals surface area contributed by atoms with Gasteiger partial charge in [-0.05, 0) is 37.8 Å². The summed E-state index contributed by atoms with van der Waals surface area (Å²) in [7, 11) is 0. The minimum absolute atomic E-state index is 0.238. The van der Waals surface area contributed by atoms with Gasteiger partial charge in [0.05, 0.1) is 6.54 Å². The van der Waals surface area contributed by atoms with E-state index in [1.807, 2.05) is 0 Å². The number of hydrogen-bond donors (Lipinski definition) is 2. The Bertz CT molecular complexity index is 224. The second kappa shape index (κ2) is 6.54. The molecule has 0 aliphatic heterocycles. The summed E-state index contributed by atoms with van der Waals surface area (Å²) in [5.41, 5.74) is 5.60. The van der Waals surface area contributed by atoms with E-state index >= 15 is 0 Å². The quantitative estimate of drug-likeness (QED) is 0.715. The molecule has 102 valence electrons. The number of rotatable bonds is 6. The van der Waals surface area contributed by atoms with Crippen molar-refractivity contribution in [2.75, 3.05) is 19.6 Å². The second-order valence-electron chi connectivity index (χ2n) is 4.73. The van der Waals surface area contributed by atoms with E-state index in [1.165, 1.54) is 0 Å². The van der Waals surface area contributed by atoms with Gasteiger partial charge in [-0.3, -0.25) is 0 Å². The van der Waals surface area contributed by atoms with Crippen LogP contribution in [0.3, 0.4) is 0 Å². The average molecular weight is 256 g/mol. The van der Waals surface area contributed by atoms with E-state index in [4.69, 9.17) is 5.73 Å². The minimum atomic E-state index is -3.94. The van der Waals surface area contributed by atoms with E-state index < -0.39 is 18.9 Å². The van der Waals surface area contributed by atoms with Crippen LogP contribution >= 0.6 is 0 Å². The molecule has 17 heavy (non-hydrogen) atoms. The molecule has 0 saturated heterocycles. The Morgan fingerprint density at radius 3 is 2.29 bits per heavy atom. The molecule has 0 aromatic rings. The summed E-state index contributed by atoms with van der Waals surface area (Å²) in [5, 5.41) is 2.46. The fourth-order valence-electron chi connectivity index (χ4n) is 2.36. The zero-order valence-electron chi connectivity index (χ0n) is 9.77. The average Bonchev–Trinajstić information content (AvgIpc) is 2.29. The maximum atomic E-state index is 12.6. The molecule has 1 rings (SSSR count). The monoisotopic (exact) mass is 256 g/mol. The van der Waals surface area contributed by atoms with Crippen LogP contribution in [0.5, 0.6) is 0 Å². The highest BCUT2D eigenvalue weighted by molar-refractivity contribution is 4.79. The Balaban J connectivity index is 2.29. The highest BCUT2D eigenvalue weighted by atomic mass is 19.3. The van der Waals surface area contributed by atoms with Gasteiger partial charge < -0.3 is 11.1 Å². The van der Waals surface area contributed by atoms with Crippen molar-refractivity contribution in [1.29, 1.82) is 0 Å². The molecule has 0 radical (unpaired) electrons. The largest absolute Gasteiger partial charge is 0.330 e. The predicted octanol–water partition coefficient (Wildman–Crippen LogP) is 2.24. The summed E-state index contributed by atoms with van der Waals surface area (Å²) < 4.78 is 49.1. The van der Waals surface area contributed by atoms with Crippen molar-refractivity contribution in [3.05, 3.63) is 0 Å². The van der Waals surface area contributed by atoms with Crippen LogP contribution in [0, 0.1) is 11.8 Å².